The minimum atomic E-state index is 0.731. The second kappa shape index (κ2) is 5.69. The fourth-order valence-electron chi connectivity index (χ4n) is 2.50. The number of aromatic nitrogens is 2. The molecule has 4 nitrogen and oxygen atoms in total. The molecule has 1 aromatic carbocycles. The standard InChI is InChI=1S/C17H14N4S/c1-2-5-12(6-3-1)16-17-14(18-8-9-19-16)11-13(20-21-17)15-7-4-10-22-15/h1-7,10-11,18H,8-9H2. The van der Waals surface area contributed by atoms with Crippen molar-refractivity contribution >= 4 is 22.7 Å². The first-order valence-corrected chi connectivity index (χ1v) is 8.05. The number of nitrogens with one attached hydrogen (secondary N) is 1. The summed E-state index contributed by atoms with van der Waals surface area (Å²) in [5.41, 5.74) is 4.70. The van der Waals surface area contributed by atoms with E-state index in [4.69, 9.17) is 0 Å². The Morgan fingerprint density at radius 3 is 2.73 bits per heavy atom. The van der Waals surface area contributed by atoms with E-state index < -0.39 is 0 Å². The first-order valence-electron chi connectivity index (χ1n) is 7.17. The SMILES string of the molecule is c1ccc(C2=NCCNc3cc(-c4cccs4)nnc32)cc1. The lowest BCUT2D eigenvalue weighted by Gasteiger charge is -2.09. The number of thiophene rings is 1. The van der Waals surface area contributed by atoms with Gasteiger partial charge < -0.3 is 5.32 Å². The minimum absolute atomic E-state index is 0.731. The fraction of sp³-hybridized carbons (Fsp3) is 0.118. The molecule has 2 aromatic heterocycles. The molecule has 0 atom stereocenters. The van der Waals surface area contributed by atoms with Gasteiger partial charge in [0.05, 0.1) is 22.8 Å². The van der Waals surface area contributed by atoms with Crippen LogP contribution in [0.2, 0.25) is 0 Å². The Balaban J connectivity index is 1.81. The zero-order valence-electron chi connectivity index (χ0n) is 11.9. The molecule has 0 saturated heterocycles. The van der Waals surface area contributed by atoms with Gasteiger partial charge in [-0.3, -0.25) is 4.99 Å². The van der Waals surface area contributed by atoms with Crippen LogP contribution in [-0.4, -0.2) is 29.0 Å². The van der Waals surface area contributed by atoms with Gasteiger partial charge in [0.2, 0.25) is 0 Å². The maximum absolute atomic E-state index is 4.68. The van der Waals surface area contributed by atoms with Crippen LogP contribution < -0.4 is 5.32 Å². The molecule has 1 aliphatic rings. The number of benzene rings is 1. The van der Waals surface area contributed by atoms with Crippen LogP contribution in [0, 0.1) is 0 Å². The highest BCUT2D eigenvalue weighted by Gasteiger charge is 2.18. The molecule has 3 heterocycles. The maximum Gasteiger partial charge on any atom is 0.135 e. The smallest absolute Gasteiger partial charge is 0.135 e. The second-order valence-electron chi connectivity index (χ2n) is 4.99. The van der Waals surface area contributed by atoms with Crippen molar-refractivity contribution in [1.29, 1.82) is 0 Å². The van der Waals surface area contributed by atoms with Gasteiger partial charge in [-0.15, -0.1) is 21.5 Å². The molecule has 0 unspecified atom stereocenters. The summed E-state index contributed by atoms with van der Waals surface area (Å²) in [6.45, 7) is 1.54. The molecule has 108 valence electrons. The predicted octanol–water partition coefficient (Wildman–Crippen LogP) is 3.47. The van der Waals surface area contributed by atoms with Crippen LogP contribution in [0.15, 0.2) is 58.9 Å². The third-order valence-corrected chi connectivity index (χ3v) is 4.43. The summed E-state index contributed by atoms with van der Waals surface area (Å²) in [7, 11) is 0. The molecule has 0 bridgehead atoms. The van der Waals surface area contributed by atoms with Crippen molar-refractivity contribution in [3.63, 3.8) is 0 Å². The topological polar surface area (TPSA) is 50.2 Å². The monoisotopic (exact) mass is 306 g/mol. The Morgan fingerprint density at radius 2 is 1.91 bits per heavy atom. The van der Waals surface area contributed by atoms with Crippen LogP contribution in [-0.2, 0) is 0 Å². The lowest BCUT2D eigenvalue weighted by molar-refractivity contribution is 1.02. The Bertz CT molecular complexity index is 810. The van der Waals surface area contributed by atoms with Gasteiger partial charge in [-0.25, -0.2) is 0 Å². The number of hydrogen-bond donors (Lipinski definition) is 1. The zero-order chi connectivity index (χ0) is 14.8. The number of fused-ring (bicyclic) bond motifs is 1. The molecule has 1 aliphatic heterocycles. The first-order chi connectivity index (χ1) is 10.9. The summed E-state index contributed by atoms with van der Waals surface area (Å²) < 4.78 is 0. The molecule has 3 aromatic rings. The number of hydrogen-bond acceptors (Lipinski definition) is 5. The molecule has 0 saturated carbocycles. The van der Waals surface area contributed by atoms with Crippen LogP contribution in [0.3, 0.4) is 0 Å². The van der Waals surface area contributed by atoms with E-state index >= 15 is 0 Å². The van der Waals surface area contributed by atoms with E-state index in [2.05, 4.69) is 44.8 Å². The first kappa shape index (κ1) is 13.2. The van der Waals surface area contributed by atoms with Crippen molar-refractivity contribution in [3.05, 3.63) is 65.2 Å². The molecular weight excluding hydrogens is 292 g/mol. The molecule has 5 heteroatoms. The lowest BCUT2D eigenvalue weighted by atomic mass is 10.1. The number of aliphatic imine (C=N–C) groups is 1. The average molecular weight is 306 g/mol. The Hall–Kier alpha value is -2.53. The lowest BCUT2D eigenvalue weighted by Crippen LogP contribution is -2.09. The normalized spacial score (nSPS) is 13.7. The summed E-state index contributed by atoms with van der Waals surface area (Å²) in [5.74, 6) is 0. The van der Waals surface area contributed by atoms with Gasteiger partial charge in [0.25, 0.3) is 0 Å². The fourth-order valence-corrected chi connectivity index (χ4v) is 3.18. The summed E-state index contributed by atoms with van der Waals surface area (Å²) >= 11 is 1.67. The van der Waals surface area contributed by atoms with Crippen molar-refractivity contribution in [1.82, 2.24) is 10.2 Å². The van der Waals surface area contributed by atoms with Crippen LogP contribution in [0.1, 0.15) is 11.3 Å². The van der Waals surface area contributed by atoms with Crippen molar-refractivity contribution in [2.45, 2.75) is 0 Å². The van der Waals surface area contributed by atoms with Crippen LogP contribution >= 0.6 is 11.3 Å². The third kappa shape index (κ3) is 2.40. The third-order valence-electron chi connectivity index (χ3n) is 3.54. The molecule has 1 N–H and O–H groups in total. The summed E-state index contributed by atoms with van der Waals surface area (Å²) in [5, 5.41) is 14.3. The van der Waals surface area contributed by atoms with Crippen molar-refractivity contribution in [2.24, 2.45) is 4.99 Å². The molecule has 0 aliphatic carbocycles. The van der Waals surface area contributed by atoms with E-state index in [1.807, 2.05) is 29.6 Å². The minimum Gasteiger partial charge on any atom is -0.381 e. The van der Waals surface area contributed by atoms with Crippen LogP contribution in [0.5, 0.6) is 0 Å². The van der Waals surface area contributed by atoms with Gasteiger partial charge in [0.15, 0.2) is 0 Å². The highest BCUT2D eigenvalue weighted by molar-refractivity contribution is 7.13. The van der Waals surface area contributed by atoms with Gasteiger partial charge in [-0.05, 0) is 17.5 Å². The molecule has 0 amide bonds. The Labute approximate surface area is 132 Å². The van der Waals surface area contributed by atoms with Gasteiger partial charge in [-0.2, -0.15) is 0 Å². The van der Waals surface area contributed by atoms with E-state index in [1.54, 1.807) is 11.3 Å². The van der Waals surface area contributed by atoms with Crippen molar-refractivity contribution in [3.8, 4) is 10.6 Å². The van der Waals surface area contributed by atoms with Crippen molar-refractivity contribution < 1.29 is 0 Å². The summed E-state index contributed by atoms with van der Waals surface area (Å²) in [6, 6.07) is 16.3. The van der Waals surface area contributed by atoms with Gasteiger partial charge in [0, 0.05) is 12.1 Å². The molecule has 0 radical (unpaired) electrons. The molecule has 4 rings (SSSR count). The zero-order valence-corrected chi connectivity index (χ0v) is 12.7. The van der Waals surface area contributed by atoms with E-state index in [1.165, 1.54) is 0 Å². The molecule has 22 heavy (non-hydrogen) atoms. The van der Waals surface area contributed by atoms with E-state index in [0.29, 0.717) is 0 Å². The van der Waals surface area contributed by atoms with E-state index in [9.17, 15) is 0 Å². The highest BCUT2D eigenvalue weighted by Crippen LogP contribution is 2.27. The highest BCUT2D eigenvalue weighted by atomic mass is 32.1. The Kier molecular flexibility index (Phi) is 3.40. The van der Waals surface area contributed by atoms with Crippen LogP contribution in [0.25, 0.3) is 10.6 Å². The quantitative estimate of drug-likeness (QED) is 0.788. The summed E-state index contributed by atoms with van der Waals surface area (Å²) in [4.78, 5) is 5.81. The Morgan fingerprint density at radius 1 is 1.00 bits per heavy atom. The number of anilines is 1. The van der Waals surface area contributed by atoms with E-state index in [-0.39, 0.29) is 0 Å². The van der Waals surface area contributed by atoms with Gasteiger partial charge in [0.1, 0.15) is 11.4 Å². The molecular formula is C17H14N4S. The average Bonchev–Trinajstić information content (AvgIpc) is 3.02. The second-order valence-corrected chi connectivity index (χ2v) is 5.94. The van der Waals surface area contributed by atoms with Crippen molar-refractivity contribution in [2.75, 3.05) is 18.4 Å². The molecule has 0 fully saturated rings. The largest absolute Gasteiger partial charge is 0.381 e. The van der Waals surface area contributed by atoms with E-state index in [0.717, 1.165) is 46.3 Å². The van der Waals surface area contributed by atoms with Gasteiger partial charge in [-0.1, -0.05) is 36.4 Å². The molecule has 0 spiro atoms. The predicted molar refractivity (Wildman–Crippen MR) is 90.8 cm³/mol. The summed E-state index contributed by atoms with van der Waals surface area (Å²) in [6.07, 6.45) is 0. The maximum atomic E-state index is 4.68. The number of rotatable bonds is 2. The van der Waals surface area contributed by atoms with Crippen LogP contribution in [0.4, 0.5) is 5.69 Å². The van der Waals surface area contributed by atoms with Gasteiger partial charge >= 0.3 is 0 Å². The number of nitrogens with zero attached hydrogens (tertiary/aromatic N) is 3.